The molecule has 1 atom stereocenters. The van der Waals surface area contributed by atoms with Crippen LogP contribution in [0.1, 0.15) is 19.4 Å². The van der Waals surface area contributed by atoms with Crippen molar-refractivity contribution in [3.05, 3.63) is 29.8 Å². The first-order valence-corrected chi connectivity index (χ1v) is 6.87. The minimum Gasteiger partial charge on any atom is -0.497 e. The van der Waals surface area contributed by atoms with Crippen LogP contribution < -0.4 is 15.4 Å². The van der Waals surface area contributed by atoms with Crippen molar-refractivity contribution in [1.29, 1.82) is 0 Å². The number of urea groups is 1. The van der Waals surface area contributed by atoms with Crippen molar-refractivity contribution in [3.63, 3.8) is 0 Å². The predicted molar refractivity (Wildman–Crippen MR) is 79.5 cm³/mol. The minimum absolute atomic E-state index is 0.0305. The summed E-state index contributed by atoms with van der Waals surface area (Å²) in [5.74, 6) is -0.537. The molecule has 1 rings (SSSR count). The molecule has 0 aliphatic rings. The van der Waals surface area contributed by atoms with Crippen molar-refractivity contribution < 1.29 is 23.9 Å². The Morgan fingerprint density at radius 3 is 2.36 bits per heavy atom. The van der Waals surface area contributed by atoms with Gasteiger partial charge in [0.15, 0.2) is 6.10 Å². The van der Waals surface area contributed by atoms with Gasteiger partial charge in [0.1, 0.15) is 5.75 Å². The Balaban J connectivity index is 2.45. The number of ether oxygens (including phenoxy) is 2. The van der Waals surface area contributed by atoms with Gasteiger partial charge in [-0.05, 0) is 31.5 Å². The van der Waals surface area contributed by atoms with Gasteiger partial charge in [-0.25, -0.2) is 4.79 Å². The number of carbonyl (C=O) groups excluding carboxylic acids is 3. The number of amides is 3. The van der Waals surface area contributed by atoms with Crippen LogP contribution in [0.5, 0.6) is 5.75 Å². The number of nitrogens with one attached hydrogen (secondary N) is 2. The number of benzene rings is 1. The third-order valence-corrected chi connectivity index (χ3v) is 2.76. The number of hydrogen-bond donors (Lipinski definition) is 2. The number of imide groups is 1. The van der Waals surface area contributed by atoms with E-state index in [9.17, 15) is 14.4 Å². The average molecular weight is 308 g/mol. The van der Waals surface area contributed by atoms with E-state index in [4.69, 9.17) is 9.47 Å². The summed E-state index contributed by atoms with van der Waals surface area (Å²) in [6.45, 7) is 3.52. The normalized spacial score (nSPS) is 11.2. The van der Waals surface area contributed by atoms with E-state index in [0.717, 1.165) is 5.56 Å². The topological polar surface area (TPSA) is 93.7 Å². The lowest BCUT2D eigenvalue weighted by atomic mass is 10.1. The third kappa shape index (κ3) is 5.82. The molecule has 22 heavy (non-hydrogen) atoms. The highest BCUT2D eigenvalue weighted by Crippen LogP contribution is 2.12. The molecule has 7 heteroatoms. The largest absolute Gasteiger partial charge is 0.497 e. The summed E-state index contributed by atoms with van der Waals surface area (Å²) in [6.07, 6.45) is -1.02. The lowest BCUT2D eigenvalue weighted by molar-refractivity contribution is -0.153. The summed E-state index contributed by atoms with van der Waals surface area (Å²) >= 11 is 0. The monoisotopic (exact) mass is 308 g/mol. The molecular formula is C15H20N2O5. The van der Waals surface area contributed by atoms with Crippen LogP contribution in [0.15, 0.2) is 24.3 Å². The molecule has 2 N–H and O–H groups in total. The van der Waals surface area contributed by atoms with E-state index in [-0.39, 0.29) is 6.42 Å². The number of hydrogen-bond acceptors (Lipinski definition) is 5. The van der Waals surface area contributed by atoms with Crippen molar-refractivity contribution >= 4 is 17.9 Å². The summed E-state index contributed by atoms with van der Waals surface area (Å²) in [6, 6.07) is 6.31. The van der Waals surface area contributed by atoms with Crippen LogP contribution in [-0.2, 0) is 20.7 Å². The Hall–Kier alpha value is -2.57. The van der Waals surface area contributed by atoms with Gasteiger partial charge in [-0.1, -0.05) is 12.1 Å². The SMILES string of the molecule is CCNC(=O)NC(=O)C(C)OC(=O)Cc1ccc(OC)cc1. The maximum absolute atomic E-state index is 11.8. The third-order valence-electron chi connectivity index (χ3n) is 2.76. The maximum Gasteiger partial charge on any atom is 0.321 e. The molecule has 0 radical (unpaired) electrons. The minimum atomic E-state index is -1.05. The van der Waals surface area contributed by atoms with Crippen molar-refractivity contribution in [2.24, 2.45) is 0 Å². The summed E-state index contributed by atoms with van der Waals surface area (Å²) in [5, 5.41) is 4.49. The van der Waals surface area contributed by atoms with E-state index >= 15 is 0 Å². The summed E-state index contributed by atoms with van der Waals surface area (Å²) in [5.41, 5.74) is 0.738. The van der Waals surface area contributed by atoms with Gasteiger partial charge >= 0.3 is 12.0 Å². The number of esters is 1. The quantitative estimate of drug-likeness (QED) is 0.765. The van der Waals surface area contributed by atoms with Gasteiger partial charge < -0.3 is 14.8 Å². The second-order valence-corrected chi connectivity index (χ2v) is 4.51. The molecule has 0 spiro atoms. The Morgan fingerprint density at radius 2 is 1.82 bits per heavy atom. The second kappa shape index (κ2) is 8.66. The first-order chi connectivity index (χ1) is 10.5. The molecule has 1 unspecified atom stereocenters. The highest BCUT2D eigenvalue weighted by molar-refractivity contribution is 5.97. The van der Waals surface area contributed by atoms with Crippen molar-refractivity contribution in [2.75, 3.05) is 13.7 Å². The van der Waals surface area contributed by atoms with E-state index in [1.807, 2.05) is 0 Å². The molecule has 0 aromatic heterocycles. The molecule has 0 heterocycles. The second-order valence-electron chi connectivity index (χ2n) is 4.51. The Kier molecular flexibility index (Phi) is 6.88. The van der Waals surface area contributed by atoms with Crippen LogP contribution in [0, 0.1) is 0 Å². The molecule has 0 fully saturated rings. The smallest absolute Gasteiger partial charge is 0.321 e. The zero-order valence-corrected chi connectivity index (χ0v) is 12.8. The van der Waals surface area contributed by atoms with Crippen LogP contribution in [0.3, 0.4) is 0 Å². The van der Waals surface area contributed by atoms with Crippen molar-refractivity contribution in [2.45, 2.75) is 26.4 Å². The predicted octanol–water partition coefficient (Wildman–Crippen LogP) is 1.02. The summed E-state index contributed by atoms with van der Waals surface area (Å²) < 4.78 is 10.0. The highest BCUT2D eigenvalue weighted by atomic mass is 16.5. The Morgan fingerprint density at radius 1 is 1.18 bits per heavy atom. The van der Waals surface area contributed by atoms with Crippen molar-refractivity contribution in [1.82, 2.24) is 10.6 Å². The molecule has 3 amide bonds. The van der Waals surface area contributed by atoms with Gasteiger partial charge in [0.25, 0.3) is 5.91 Å². The lowest BCUT2D eigenvalue weighted by Crippen LogP contribution is -2.44. The standard InChI is InChI=1S/C15H20N2O5/c1-4-16-15(20)17-14(19)10(2)22-13(18)9-11-5-7-12(21-3)8-6-11/h5-8,10H,4,9H2,1-3H3,(H2,16,17,19,20). The zero-order valence-electron chi connectivity index (χ0n) is 12.8. The van der Waals surface area contributed by atoms with Gasteiger partial charge in [-0.3, -0.25) is 14.9 Å². The zero-order chi connectivity index (χ0) is 16.5. The fraction of sp³-hybridized carbons (Fsp3) is 0.400. The fourth-order valence-electron chi connectivity index (χ4n) is 1.62. The average Bonchev–Trinajstić information content (AvgIpc) is 2.48. The van der Waals surface area contributed by atoms with Crippen molar-refractivity contribution in [3.8, 4) is 5.75 Å². The van der Waals surface area contributed by atoms with Crippen LogP contribution in [-0.4, -0.2) is 37.7 Å². The molecule has 0 saturated carbocycles. The van der Waals surface area contributed by atoms with E-state index in [1.54, 1.807) is 38.3 Å². The number of rotatable bonds is 6. The van der Waals surface area contributed by atoms with Gasteiger partial charge in [0.05, 0.1) is 13.5 Å². The molecule has 7 nitrogen and oxygen atoms in total. The van der Waals surface area contributed by atoms with Gasteiger partial charge in [0, 0.05) is 6.54 Å². The van der Waals surface area contributed by atoms with E-state index in [1.165, 1.54) is 6.92 Å². The fourth-order valence-corrected chi connectivity index (χ4v) is 1.62. The van der Waals surface area contributed by atoms with E-state index in [2.05, 4.69) is 10.6 Å². The Labute approximate surface area is 129 Å². The first-order valence-electron chi connectivity index (χ1n) is 6.87. The number of carbonyl (C=O) groups is 3. The van der Waals surface area contributed by atoms with Crippen LogP contribution in [0.25, 0.3) is 0 Å². The van der Waals surface area contributed by atoms with E-state index in [0.29, 0.717) is 12.3 Å². The molecular weight excluding hydrogens is 288 g/mol. The van der Waals surface area contributed by atoms with Crippen LogP contribution in [0.4, 0.5) is 4.79 Å². The molecule has 0 aliphatic heterocycles. The molecule has 120 valence electrons. The summed E-state index contributed by atoms with van der Waals surface area (Å²) in [4.78, 5) is 34.6. The molecule has 1 aromatic carbocycles. The van der Waals surface area contributed by atoms with Crippen LogP contribution in [0.2, 0.25) is 0 Å². The lowest BCUT2D eigenvalue weighted by Gasteiger charge is -2.13. The maximum atomic E-state index is 11.8. The van der Waals surface area contributed by atoms with Gasteiger partial charge in [0.2, 0.25) is 0 Å². The number of methoxy groups -OCH3 is 1. The van der Waals surface area contributed by atoms with Gasteiger partial charge in [-0.2, -0.15) is 0 Å². The Bertz CT molecular complexity index is 527. The molecule has 1 aromatic rings. The molecule has 0 bridgehead atoms. The molecule has 0 saturated heterocycles. The van der Waals surface area contributed by atoms with Gasteiger partial charge in [-0.15, -0.1) is 0 Å². The summed E-state index contributed by atoms with van der Waals surface area (Å²) in [7, 11) is 1.55. The first kappa shape index (κ1) is 17.5. The van der Waals surface area contributed by atoms with E-state index < -0.39 is 24.0 Å². The highest BCUT2D eigenvalue weighted by Gasteiger charge is 2.19. The van der Waals surface area contributed by atoms with Crippen LogP contribution >= 0.6 is 0 Å². The molecule has 0 aliphatic carbocycles.